The van der Waals surface area contributed by atoms with Gasteiger partial charge in [0.1, 0.15) is 0 Å². The highest BCUT2D eigenvalue weighted by Crippen LogP contribution is 2.13. The zero-order chi connectivity index (χ0) is 9.80. The minimum atomic E-state index is 0.957. The van der Waals surface area contributed by atoms with Gasteiger partial charge in [0.25, 0.3) is 0 Å². The van der Waals surface area contributed by atoms with E-state index in [1.807, 2.05) is 18.2 Å². The zero-order valence-electron chi connectivity index (χ0n) is 8.30. The predicted octanol–water partition coefficient (Wildman–Crippen LogP) is 2.78. The summed E-state index contributed by atoms with van der Waals surface area (Å²) in [5.74, 6) is 0. The van der Waals surface area contributed by atoms with Crippen LogP contribution in [0.4, 0.5) is 5.69 Å². The van der Waals surface area contributed by atoms with Gasteiger partial charge in [-0.3, -0.25) is 9.69 Å². The van der Waals surface area contributed by atoms with Crippen LogP contribution in [0, 0.1) is 0 Å². The van der Waals surface area contributed by atoms with Gasteiger partial charge in [-0.1, -0.05) is 18.2 Å². The summed E-state index contributed by atoms with van der Waals surface area (Å²) in [5, 5.41) is 2.21. The molecule has 0 atom stereocenters. The molecule has 0 spiro atoms. The summed E-state index contributed by atoms with van der Waals surface area (Å²) in [6.07, 6.45) is 4.10. The summed E-state index contributed by atoms with van der Waals surface area (Å²) in [6, 6.07) is 14.4. The third kappa shape index (κ3) is 1.64. The number of anilines is 1. The van der Waals surface area contributed by atoms with E-state index >= 15 is 0 Å². The number of rotatable bonds is 3. The number of para-hydroxylation sites is 1. The van der Waals surface area contributed by atoms with E-state index in [2.05, 4.69) is 53.3 Å². The smallest absolute Gasteiger partial charge is 0.0577 e. The fourth-order valence-corrected chi connectivity index (χ4v) is 1.57. The van der Waals surface area contributed by atoms with E-state index in [-0.39, 0.29) is 0 Å². The minimum Gasteiger partial charge on any atom is -0.282 e. The van der Waals surface area contributed by atoms with E-state index in [9.17, 15) is 0 Å². The summed E-state index contributed by atoms with van der Waals surface area (Å²) >= 11 is 0. The van der Waals surface area contributed by atoms with Crippen molar-refractivity contribution in [2.75, 3.05) is 11.6 Å². The first-order valence-electron chi connectivity index (χ1n) is 4.87. The number of hydrogen-bond acceptors (Lipinski definition) is 1. The Morgan fingerprint density at radius 2 is 1.64 bits per heavy atom. The van der Waals surface area contributed by atoms with E-state index in [1.54, 1.807) is 0 Å². The average molecular weight is 186 g/mol. The molecule has 0 fully saturated rings. The summed E-state index contributed by atoms with van der Waals surface area (Å²) in [7, 11) is 0. The summed E-state index contributed by atoms with van der Waals surface area (Å²) in [4.78, 5) is 0. The van der Waals surface area contributed by atoms with Gasteiger partial charge in [0.05, 0.1) is 5.69 Å². The monoisotopic (exact) mass is 186 g/mol. The highest BCUT2D eigenvalue weighted by molar-refractivity contribution is 5.45. The Hall–Kier alpha value is -1.70. The van der Waals surface area contributed by atoms with Crippen molar-refractivity contribution in [2.24, 2.45) is 0 Å². The minimum absolute atomic E-state index is 0.957. The third-order valence-corrected chi connectivity index (χ3v) is 2.22. The molecule has 0 aliphatic heterocycles. The Morgan fingerprint density at radius 3 is 2.21 bits per heavy atom. The molecule has 72 valence electrons. The van der Waals surface area contributed by atoms with Crippen LogP contribution in [0.25, 0.3) is 0 Å². The molecule has 1 aromatic heterocycles. The van der Waals surface area contributed by atoms with Gasteiger partial charge in [-0.25, -0.2) is 0 Å². The van der Waals surface area contributed by atoms with Crippen LogP contribution < -0.4 is 5.01 Å². The molecule has 0 saturated carbocycles. The van der Waals surface area contributed by atoms with Gasteiger partial charge < -0.3 is 0 Å². The first-order chi connectivity index (χ1) is 6.92. The molecule has 14 heavy (non-hydrogen) atoms. The predicted molar refractivity (Wildman–Crippen MR) is 59.3 cm³/mol. The fourth-order valence-electron chi connectivity index (χ4n) is 1.57. The molecule has 1 aromatic carbocycles. The zero-order valence-corrected chi connectivity index (χ0v) is 8.30. The van der Waals surface area contributed by atoms with Gasteiger partial charge in [-0.05, 0) is 31.2 Å². The topological polar surface area (TPSA) is 8.17 Å². The maximum absolute atomic E-state index is 2.21. The molecule has 0 N–H and O–H groups in total. The third-order valence-electron chi connectivity index (χ3n) is 2.22. The molecule has 0 saturated heterocycles. The molecule has 0 unspecified atom stereocenters. The van der Waals surface area contributed by atoms with Crippen molar-refractivity contribution in [3.63, 3.8) is 0 Å². The number of nitrogens with zero attached hydrogens (tertiary/aromatic N) is 2. The highest BCUT2D eigenvalue weighted by atomic mass is 15.5. The fraction of sp³-hybridized carbons (Fsp3) is 0.167. The quantitative estimate of drug-likeness (QED) is 0.715. The molecular weight excluding hydrogens is 172 g/mol. The van der Waals surface area contributed by atoms with Crippen LogP contribution in [0.5, 0.6) is 0 Å². The lowest BCUT2D eigenvalue weighted by molar-refractivity contribution is 0.718. The van der Waals surface area contributed by atoms with Gasteiger partial charge in [-0.15, -0.1) is 0 Å². The van der Waals surface area contributed by atoms with Crippen LogP contribution in [0.3, 0.4) is 0 Å². The normalized spacial score (nSPS) is 10.1. The van der Waals surface area contributed by atoms with Gasteiger partial charge in [0.2, 0.25) is 0 Å². The van der Waals surface area contributed by atoms with Crippen molar-refractivity contribution in [2.45, 2.75) is 6.92 Å². The van der Waals surface area contributed by atoms with Crippen LogP contribution in [-0.2, 0) is 0 Å². The number of hydrogen-bond donors (Lipinski definition) is 0. The highest BCUT2D eigenvalue weighted by Gasteiger charge is 2.02. The second-order valence-corrected chi connectivity index (χ2v) is 3.11. The van der Waals surface area contributed by atoms with Crippen molar-refractivity contribution < 1.29 is 0 Å². The van der Waals surface area contributed by atoms with Crippen molar-refractivity contribution in [3.05, 3.63) is 54.9 Å². The van der Waals surface area contributed by atoms with Crippen molar-refractivity contribution >= 4 is 5.69 Å². The standard InChI is InChI=1S/C12H14N2/c1-2-14(13-10-6-7-11-13)12-8-4-3-5-9-12/h3-11H,2H2,1H3. The van der Waals surface area contributed by atoms with Gasteiger partial charge >= 0.3 is 0 Å². The Morgan fingerprint density at radius 1 is 1.00 bits per heavy atom. The summed E-state index contributed by atoms with van der Waals surface area (Å²) < 4.78 is 2.09. The molecule has 0 aliphatic rings. The van der Waals surface area contributed by atoms with Gasteiger partial charge in [0.15, 0.2) is 0 Å². The average Bonchev–Trinajstić information content (AvgIpc) is 2.74. The Kier molecular flexibility index (Phi) is 2.54. The number of benzene rings is 1. The van der Waals surface area contributed by atoms with E-state index in [1.165, 1.54) is 5.69 Å². The SMILES string of the molecule is CCN(c1ccccc1)n1cccc1. The first-order valence-corrected chi connectivity index (χ1v) is 4.87. The van der Waals surface area contributed by atoms with Gasteiger partial charge in [-0.2, -0.15) is 0 Å². The van der Waals surface area contributed by atoms with E-state index in [0.717, 1.165) is 6.54 Å². The van der Waals surface area contributed by atoms with Crippen LogP contribution in [0.1, 0.15) is 6.92 Å². The van der Waals surface area contributed by atoms with Crippen LogP contribution in [0.2, 0.25) is 0 Å². The Labute approximate surface area is 84.4 Å². The van der Waals surface area contributed by atoms with E-state index in [4.69, 9.17) is 0 Å². The van der Waals surface area contributed by atoms with Crippen molar-refractivity contribution in [1.29, 1.82) is 0 Å². The van der Waals surface area contributed by atoms with E-state index in [0.29, 0.717) is 0 Å². The Bertz CT molecular complexity index is 364. The first kappa shape index (κ1) is 8.88. The van der Waals surface area contributed by atoms with Crippen LogP contribution in [0.15, 0.2) is 54.9 Å². The van der Waals surface area contributed by atoms with E-state index < -0.39 is 0 Å². The molecule has 0 radical (unpaired) electrons. The molecule has 0 amide bonds. The molecule has 0 aliphatic carbocycles. The van der Waals surface area contributed by atoms with Gasteiger partial charge in [0, 0.05) is 18.9 Å². The molecule has 2 nitrogen and oxygen atoms in total. The number of aromatic nitrogens is 1. The second-order valence-electron chi connectivity index (χ2n) is 3.11. The lowest BCUT2D eigenvalue weighted by atomic mass is 10.3. The van der Waals surface area contributed by atoms with Crippen molar-refractivity contribution in [1.82, 2.24) is 4.68 Å². The molecule has 2 aromatic rings. The second kappa shape index (κ2) is 4.01. The van der Waals surface area contributed by atoms with Crippen LogP contribution in [-0.4, -0.2) is 11.2 Å². The van der Waals surface area contributed by atoms with Crippen molar-refractivity contribution in [3.8, 4) is 0 Å². The van der Waals surface area contributed by atoms with Crippen LogP contribution >= 0.6 is 0 Å². The molecular formula is C12H14N2. The summed E-state index contributed by atoms with van der Waals surface area (Å²) in [5.41, 5.74) is 1.21. The molecule has 2 heteroatoms. The Balaban J connectivity index is 2.31. The summed E-state index contributed by atoms with van der Waals surface area (Å²) in [6.45, 7) is 3.10. The maximum Gasteiger partial charge on any atom is 0.0577 e. The molecule has 2 rings (SSSR count). The largest absolute Gasteiger partial charge is 0.282 e. The molecule has 0 bridgehead atoms. The lowest BCUT2D eigenvalue weighted by Gasteiger charge is -2.24. The molecule has 1 heterocycles. The maximum atomic E-state index is 2.21. The lowest BCUT2D eigenvalue weighted by Crippen LogP contribution is -2.27.